The molecule has 0 unspecified atom stereocenters. The van der Waals surface area contributed by atoms with Crippen LogP contribution in [0.5, 0.6) is 0 Å². The Morgan fingerprint density at radius 2 is 0.500 bits per heavy atom. The fraction of sp³-hybridized carbons (Fsp3) is 0.939. The molecule has 0 aromatic heterocycles. The maximum absolute atomic E-state index is 5.56. The van der Waals surface area contributed by atoms with Gasteiger partial charge in [0.2, 0.25) is 0 Å². The first-order valence-electron chi connectivity index (χ1n) is 17.1. The summed E-state index contributed by atoms with van der Waals surface area (Å²) in [4.78, 5) is 0. The SMILES string of the molecule is C=COCCOCCOCCOCCOCCOCCOCCOCCOCCOCCOCCOCCOCCCCCCC. The van der Waals surface area contributed by atoms with Crippen molar-refractivity contribution in [3.8, 4) is 0 Å². The van der Waals surface area contributed by atoms with Gasteiger partial charge in [-0.3, -0.25) is 0 Å². The lowest BCUT2D eigenvalue weighted by molar-refractivity contribution is -0.0286. The maximum Gasteiger partial charge on any atom is 0.111 e. The first-order valence-corrected chi connectivity index (χ1v) is 17.1. The summed E-state index contributed by atoms with van der Waals surface area (Å²) in [7, 11) is 0. The second-order valence-electron chi connectivity index (χ2n) is 9.80. The Morgan fingerprint density at radius 3 is 0.739 bits per heavy atom. The minimum Gasteiger partial charge on any atom is -0.499 e. The van der Waals surface area contributed by atoms with Crippen molar-refractivity contribution < 1.29 is 61.6 Å². The first-order chi connectivity index (χ1) is 22.9. The van der Waals surface area contributed by atoms with E-state index in [2.05, 4.69) is 13.5 Å². The molecule has 0 N–H and O–H groups in total. The van der Waals surface area contributed by atoms with E-state index in [1.165, 1.54) is 31.9 Å². The molecule has 0 aromatic rings. The molecule has 0 fully saturated rings. The Hall–Kier alpha value is -0.940. The lowest BCUT2D eigenvalue weighted by atomic mass is 10.2. The molecule has 0 saturated carbocycles. The van der Waals surface area contributed by atoms with E-state index >= 15 is 0 Å². The van der Waals surface area contributed by atoms with Crippen LogP contribution in [0.4, 0.5) is 0 Å². The van der Waals surface area contributed by atoms with Crippen molar-refractivity contribution in [1.29, 1.82) is 0 Å². The molecule has 0 radical (unpaired) electrons. The first kappa shape index (κ1) is 45.1. The average Bonchev–Trinajstić information content (AvgIpc) is 3.07. The zero-order valence-electron chi connectivity index (χ0n) is 28.8. The largest absolute Gasteiger partial charge is 0.499 e. The molecule has 0 rings (SSSR count). The molecule has 0 atom stereocenters. The van der Waals surface area contributed by atoms with Gasteiger partial charge >= 0.3 is 0 Å². The van der Waals surface area contributed by atoms with Gasteiger partial charge in [-0.15, -0.1) is 0 Å². The second kappa shape index (κ2) is 44.1. The molecule has 0 heterocycles. The standard InChI is InChI=1S/C33H66O13/c1-3-5-6-7-8-9-35-12-13-37-16-17-39-20-21-41-24-25-43-28-29-45-32-33-46-31-30-44-27-26-42-23-22-40-19-18-38-15-14-36-11-10-34-4-2/h4H,2-3,5-33H2,1H3. The molecule has 0 spiro atoms. The number of hydrogen-bond acceptors (Lipinski definition) is 13. The van der Waals surface area contributed by atoms with Gasteiger partial charge in [-0.1, -0.05) is 39.2 Å². The number of hydrogen-bond donors (Lipinski definition) is 0. The highest BCUT2D eigenvalue weighted by molar-refractivity contribution is 4.48. The highest BCUT2D eigenvalue weighted by Gasteiger charge is 1.97. The Balaban J connectivity index is 3.03. The second-order valence-corrected chi connectivity index (χ2v) is 9.80. The van der Waals surface area contributed by atoms with Gasteiger partial charge in [0.15, 0.2) is 0 Å². The molecule has 0 aliphatic heterocycles. The normalized spacial score (nSPS) is 11.4. The minimum atomic E-state index is 0.503. The predicted octanol–water partition coefficient (Wildman–Crippen LogP) is 3.32. The predicted molar refractivity (Wildman–Crippen MR) is 175 cm³/mol. The van der Waals surface area contributed by atoms with Gasteiger partial charge in [0, 0.05) is 6.61 Å². The number of ether oxygens (including phenoxy) is 13. The quantitative estimate of drug-likeness (QED) is 0.0698. The summed E-state index contributed by atoms with van der Waals surface area (Å²) >= 11 is 0. The van der Waals surface area contributed by atoms with Crippen molar-refractivity contribution in [2.24, 2.45) is 0 Å². The van der Waals surface area contributed by atoms with E-state index in [0.717, 1.165) is 13.0 Å². The summed E-state index contributed by atoms with van der Waals surface area (Å²) in [5.74, 6) is 0. The molecular formula is C33H66O13. The lowest BCUT2D eigenvalue weighted by Crippen LogP contribution is -2.15. The molecule has 0 amide bonds. The molecular weight excluding hydrogens is 604 g/mol. The topological polar surface area (TPSA) is 120 Å². The Morgan fingerprint density at radius 1 is 0.283 bits per heavy atom. The zero-order valence-corrected chi connectivity index (χ0v) is 28.8. The van der Waals surface area contributed by atoms with Crippen molar-refractivity contribution in [1.82, 2.24) is 0 Å². The van der Waals surface area contributed by atoms with Gasteiger partial charge in [0.05, 0.1) is 158 Å². The van der Waals surface area contributed by atoms with Crippen molar-refractivity contribution in [2.45, 2.75) is 39.0 Å². The lowest BCUT2D eigenvalue weighted by Gasteiger charge is -2.09. The van der Waals surface area contributed by atoms with E-state index in [4.69, 9.17) is 61.6 Å². The molecule has 0 aromatic carbocycles. The molecule has 0 bridgehead atoms. The molecule has 0 aliphatic carbocycles. The van der Waals surface area contributed by atoms with Gasteiger partial charge in [-0.25, -0.2) is 0 Å². The molecule has 0 aliphatic rings. The van der Waals surface area contributed by atoms with Crippen LogP contribution in [-0.4, -0.2) is 165 Å². The summed E-state index contributed by atoms with van der Waals surface area (Å²) in [5, 5.41) is 0. The van der Waals surface area contributed by atoms with Crippen molar-refractivity contribution in [2.75, 3.05) is 165 Å². The minimum absolute atomic E-state index is 0.503. The van der Waals surface area contributed by atoms with Crippen LogP contribution in [0.2, 0.25) is 0 Å². The summed E-state index contributed by atoms with van der Waals surface area (Å²) in [6.45, 7) is 19.3. The van der Waals surface area contributed by atoms with E-state index in [9.17, 15) is 0 Å². The smallest absolute Gasteiger partial charge is 0.111 e. The summed E-state index contributed by atoms with van der Waals surface area (Å²) in [5.41, 5.74) is 0. The van der Waals surface area contributed by atoms with Gasteiger partial charge in [-0.05, 0) is 6.42 Å². The molecule has 46 heavy (non-hydrogen) atoms. The Kier molecular flexibility index (Phi) is 43.2. The van der Waals surface area contributed by atoms with Crippen LogP contribution in [0, 0.1) is 0 Å². The van der Waals surface area contributed by atoms with E-state index < -0.39 is 0 Å². The zero-order chi connectivity index (χ0) is 33.1. The van der Waals surface area contributed by atoms with Gasteiger partial charge in [-0.2, -0.15) is 0 Å². The third-order valence-corrected chi connectivity index (χ3v) is 5.95. The Bertz CT molecular complexity index is 546. The fourth-order valence-electron chi connectivity index (χ4n) is 3.52. The van der Waals surface area contributed by atoms with Gasteiger partial charge in [0.1, 0.15) is 6.61 Å². The molecule has 0 saturated heterocycles. The average molecular weight is 671 g/mol. The van der Waals surface area contributed by atoms with Crippen molar-refractivity contribution >= 4 is 0 Å². The van der Waals surface area contributed by atoms with E-state index in [1.807, 2.05) is 0 Å². The van der Waals surface area contributed by atoms with Gasteiger partial charge < -0.3 is 61.6 Å². The monoisotopic (exact) mass is 670 g/mol. The number of unbranched alkanes of at least 4 members (excludes halogenated alkanes) is 4. The highest BCUT2D eigenvalue weighted by Crippen LogP contribution is 2.02. The molecule has 13 nitrogen and oxygen atoms in total. The molecule has 276 valence electrons. The van der Waals surface area contributed by atoms with Crippen LogP contribution in [0.25, 0.3) is 0 Å². The van der Waals surface area contributed by atoms with Crippen LogP contribution in [0.3, 0.4) is 0 Å². The summed E-state index contributed by atoms with van der Waals surface area (Å²) in [6, 6.07) is 0. The summed E-state index contributed by atoms with van der Waals surface area (Å²) < 4.78 is 70.5. The highest BCUT2D eigenvalue weighted by atomic mass is 16.6. The fourth-order valence-corrected chi connectivity index (χ4v) is 3.52. The van der Waals surface area contributed by atoms with E-state index in [-0.39, 0.29) is 0 Å². The van der Waals surface area contributed by atoms with Gasteiger partial charge in [0.25, 0.3) is 0 Å². The third-order valence-electron chi connectivity index (χ3n) is 5.95. The summed E-state index contributed by atoms with van der Waals surface area (Å²) in [6.07, 6.45) is 7.67. The van der Waals surface area contributed by atoms with E-state index in [0.29, 0.717) is 159 Å². The van der Waals surface area contributed by atoms with Crippen LogP contribution >= 0.6 is 0 Å². The molecule has 13 heteroatoms. The maximum atomic E-state index is 5.56. The van der Waals surface area contributed by atoms with Crippen LogP contribution in [0.15, 0.2) is 12.8 Å². The van der Waals surface area contributed by atoms with Crippen LogP contribution in [0.1, 0.15) is 39.0 Å². The van der Waals surface area contributed by atoms with Crippen molar-refractivity contribution in [3.63, 3.8) is 0 Å². The van der Waals surface area contributed by atoms with Crippen molar-refractivity contribution in [3.05, 3.63) is 12.8 Å². The van der Waals surface area contributed by atoms with Crippen LogP contribution < -0.4 is 0 Å². The van der Waals surface area contributed by atoms with E-state index in [1.54, 1.807) is 0 Å². The Labute approximate surface area is 278 Å². The van der Waals surface area contributed by atoms with Crippen LogP contribution in [-0.2, 0) is 61.6 Å². The number of rotatable bonds is 43. The third kappa shape index (κ3) is 43.1.